The van der Waals surface area contributed by atoms with E-state index in [4.69, 9.17) is 4.74 Å². The van der Waals surface area contributed by atoms with Crippen molar-refractivity contribution in [2.45, 2.75) is 26.0 Å². The first-order valence-corrected chi connectivity index (χ1v) is 8.06. The average Bonchev–Trinajstić information content (AvgIpc) is 2.95. The number of hydrogen-bond acceptors (Lipinski definition) is 4. The molecular formula is C15H19N3O2S. The number of urea groups is 1. The van der Waals surface area contributed by atoms with Gasteiger partial charge in [-0.05, 0) is 18.6 Å². The van der Waals surface area contributed by atoms with Crippen LogP contribution in [0.25, 0.3) is 10.2 Å². The van der Waals surface area contributed by atoms with Gasteiger partial charge in [-0.25, -0.2) is 9.78 Å². The summed E-state index contributed by atoms with van der Waals surface area (Å²) in [6.45, 7) is 4.50. The summed E-state index contributed by atoms with van der Waals surface area (Å²) in [6.07, 6.45) is 1.09. The van der Waals surface area contributed by atoms with E-state index < -0.39 is 0 Å². The molecule has 21 heavy (non-hydrogen) atoms. The number of morpholine rings is 1. The van der Waals surface area contributed by atoms with Gasteiger partial charge < -0.3 is 15.0 Å². The number of fused-ring (bicyclic) bond motifs is 1. The maximum absolute atomic E-state index is 12.2. The van der Waals surface area contributed by atoms with Crippen LogP contribution in [0.2, 0.25) is 0 Å². The third kappa shape index (κ3) is 3.33. The minimum absolute atomic E-state index is 0.0315. The fraction of sp³-hybridized carbons (Fsp3) is 0.467. The van der Waals surface area contributed by atoms with Crippen LogP contribution in [0.5, 0.6) is 0 Å². The Morgan fingerprint density at radius 1 is 1.52 bits per heavy atom. The van der Waals surface area contributed by atoms with Gasteiger partial charge in [0.05, 0.1) is 29.5 Å². The molecule has 0 aliphatic carbocycles. The molecule has 1 aromatic heterocycles. The van der Waals surface area contributed by atoms with Crippen molar-refractivity contribution in [1.82, 2.24) is 15.2 Å². The first-order valence-electron chi connectivity index (χ1n) is 7.25. The summed E-state index contributed by atoms with van der Waals surface area (Å²) in [5.41, 5.74) is 0.990. The molecule has 1 N–H and O–H groups in total. The molecule has 5 nitrogen and oxygen atoms in total. The van der Waals surface area contributed by atoms with Crippen molar-refractivity contribution < 1.29 is 9.53 Å². The van der Waals surface area contributed by atoms with Crippen LogP contribution in [0, 0.1) is 0 Å². The molecule has 2 amide bonds. The molecule has 1 aliphatic heterocycles. The Balaban J connectivity index is 1.57. The maximum Gasteiger partial charge on any atom is 0.317 e. The molecule has 0 saturated carbocycles. The molecule has 1 atom stereocenters. The minimum Gasteiger partial charge on any atom is -0.375 e. The lowest BCUT2D eigenvalue weighted by Gasteiger charge is -2.32. The van der Waals surface area contributed by atoms with Crippen LogP contribution < -0.4 is 5.32 Å². The number of carbonyl (C=O) groups excluding carboxylic acids is 1. The summed E-state index contributed by atoms with van der Waals surface area (Å²) in [7, 11) is 0. The lowest BCUT2D eigenvalue weighted by molar-refractivity contribution is -0.0154. The molecular weight excluding hydrogens is 286 g/mol. The van der Waals surface area contributed by atoms with E-state index in [1.807, 2.05) is 29.2 Å². The number of nitrogens with one attached hydrogen (secondary N) is 1. The molecule has 2 aromatic rings. The second-order valence-corrected chi connectivity index (χ2v) is 6.20. The number of ether oxygens (including phenoxy) is 1. The topological polar surface area (TPSA) is 54.5 Å². The predicted molar refractivity (Wildman–Crippen MR) is 83.5 cm³/mol. The van der Waals surface area contributed by atoms with Crippen LogP contribution in [0.1, 0.15) is 18.4 Å². The SMILES string of the molecule is CCC1CN(C(=O)NCc2nc3ccccc3s2)CCO1. The highest BCUT2D eigenvalue weighted by Gasteiger charge is 2.22. The Morgan fingerprint density at radius 3 is 3.19 bits per heavy atom. The normalized spacial score (nSPS) is 18.9. The van der Waals surface area contributed by atoms with E-state index in [1.54, 1.807) is 11.3 Å². The van der Waals surface area contributed by atoms with E-state index in [1.165, 1.54) is 0 Å². The Kier molecular flexibility index (Phi) is 4.36. The number of para-hydroxylation sites is 1. The van der Waals surface area contributed by atoms with Crippen molar-refractivity contribution in [3.63, 3.8) is 0 Å². The third-order valence-corrected chi connectivity index (χ3v) is 4.65. The van der Waals surface area contributed by atoms with Crippen LogP contribution in [0.15, 0.2) is 24.3 Å². The summed E-state index contributed by atoms with van der Waals surface area (Å²) in [5, 5.41) is 3.89. The molecule has 2 heterocycles. The van der Waals surface area contributed by atoms with Gasteiger partial charge in [0.2, 0.25) is 0 Å². The van der Waals surface area contributed by atoms with Crippen molar-refractivity contribution in [2.24, 2.45) is 0 Å². The lowest BCUT2D eigenvalue weighted by Crippen LogP contribution is -2.49. The van der Waals surface area contributed by atoms with E-state index in [0.717, 1.165) is 21.6 Å². The largest absolute Gasteiger partial charge is 0.375 e. The molecule has 112 valence electrons. The van der Waals surface area contributed by atoms with Gasteiger partial charge in [-0.2, -0.15) is 0 Å². The Labute approximate surface area is 127 Å². The molecule has 6 heteroatoms. The molecule has 1 unspecified atom stereocenters. The zero-order valence-electron chi connectivity index (χ0n) is 12.0. The highest BCUT2D eigenvalue weighted by molar-refractivity contribution is 7.18. The van der Waals surface area contributed by atoms with Crippen molar-refractivity contribution in [2.75, 3.05) is 19.7 Å². The van der Waals surface area contributed by atoms with E-state index in [0.29, 0.717) is 26.2 Å². The van der Waals surface area contributed by atoms with Gasteiger partial charge in [0.1, 0.15) is 5.01 Å². The van der Waals surface area contributed by atoms with Crippen molar-refractivity contribution >= 4 is 27.6 Å². The highest BCUT2D eigenvalue weighted by Crippen LogP contribution is 2.21. The summed E-state index contributed by atoms with van der Waals surface area (Å²) >= 11 is 1.62. The zero-order valence-corrected chi connectivity index (χ0v) is 12.9. The molecule has 0 bridgehead atoms. The first-order chi connectivity index (χ1) is 10.3. The van der Waals surface area contributed by atoms with E-state index in [-0.39, 0.29) is 12.1 Å². The molecule has 3 rings (SSSR count). The zero-order chi connectivity index (χ0) is 14.7. The smallest absolute Gasteiger partial charge is 0.317 e. The molecule has 1 aliphatic rings. The fourth-order valence-electron chi connectivity index (χ4n) is 2.41. The maximum atomic E-state index is 12.2. The number of rotatable bonds is 3. The number of aromatic nitrogens is 1. The number of amides is 2. The molecule has 0 spiro atoms. The van der Waals surface area contributed by atoms with Gasteiger partial charge in [-0.15, -0.1) is 11.3 Å². The molecule has 1 aromatic carbocycles. The van der Waals surface area contributed by atoms with E-state index >= 15 is 0 Å². The van der Waals surface area contributed by atoms with Crippen molar-refractivity contribution in [3.05, 3.63) is 29.3 Å². The van der Waals surface area contributed by atoms with Gasteiger partial charge in [0.25, 0.3) is 0 Å². The number of benzene rings is 1. The van der Waals surface area contributed by atoms with Crippen LogP contribution in [0.3, 0.4) is 0 Å². The Morgan fingerprint density at radius 2 is 2.38 bits per heavy atom. The number of thiazole rings is 1. The van der Waals surface area contributed by atoms with Crippen molar-refractivity contribution in [1.29, 1.82) is 0 Å². The number of carbonyl (C=O) groups is 1. The average molecular weight is 305 g/mol. The van der Waals surface area contributed by atoms with Crippen LogP contribution in [-0.2, 0) is 11.3 Å². The third-order valence-electron chi connectivity index (χ3n) is 3.61. The fourth-order valence-corrected chi connectivity index (χ4v) is 3.32. The quantitative estimate of drug-likeness (QED) is 0.948. The summed E-state index contributed by atoms with van der Waals surface area (Å²) < 4.78 is 6.73. The predicted octanol–water partition coefficient (Wildman–Crippen LogP) is 2.62. The van der Waals surface area contributed by atoms with Gasteiger partial charge in [0, 0.05) is 13.1 Å². The Hall–Kier alpha value is -1.66. The summed E-state index contributed by atoms with van der Waals surface area (Å²) in [5.74, 6) is 0. The molecule has 1 fully saturated rings. The van der Waals surface area contributed by atoms with E-state index in [9.17, 15) is 4.79 Å². The van der Waals surface area contributed by atoms with Crippen molar-refractivity contribution in [3.8, 4) is 0 Å². The highest BCUT2D eigenvalue weighted by atomic mass is 32.1. The molecule has 1 saturated heterocycles. The van der Waals surface area contributed by atoms with Gasteiger partial charge in [-0.1, -0.05) is 19.1 Å². The number of hydrogen-bond donors (Lipinski definition) is 1. The van der Waals surface area contributed by atoms with Gasteiger partial charge in [0.15, 0.2) is 0 Å². The number of nitrogens with zero attached hydrogens (tertiary/aromatic N) is 2. The van der Waals surface area contributed by atoms with E-state index in [2.05, 4.69) is 17.2 Å². The van der Waals surface area contributed by atoms with Crippen LogP contribution in [0.4, 0.5) is 4.79 Å². The lowest BCUT2D eigenvalue weighted by atomic mass is 10.2. The summed E-state index contributed by atoms with van der Waals surface area (Å²) in [6, 6.07) is 7.98. The van der Waals surface area contributed by atoms with Gasteiger partial charge >= 0.3 is 6.03 Å². The van der Waals surface area contributed by atoms with Crippen LogP contribution in [-0.4, -0.2) is 41.7 Å². The second-order valence-electron chi connectivity index (χ2n) is 5.08. The summed E-state index contributed by atoms with van der Waals surface area (Å²) in [4.78, 5) is 18.5. The van der Waals surface area contributed by atoms with Gasteiger partial charge in [-0.3, -0.25) is 0 Å². The minimum atomic E-state index is -0.0315. The monoisotopic (exact) mass is 305 g/mol. The molecule has 0 radical (unpaired) electrons. The standard InChI is InChI=1S/C15H19N3O2S/c1-2-11-10-18(7-8-20-11)15(19)16-9-14-17-12-5-3-4-6-13(12)21-14/h3-6,11H,2,7-10H2,1H3,(H,16,19). The second kappa shape index (κ2) is 6.41. The van der Waals surface area contributed by atoms with Crippen LogP contribution >= 0.6 is 11.3 Å². The Bertz CT molecular complexity index is 595. The first kappa shape index (κ1) is 14.3.